The minimum Gasteiger partial charge on any atom is -0.360 e. The maximum Gasteiger partial charge on any atom is 0.248 e. The number of benzene rings is 1. The lowest BCUT2D eigenvalue weighted by Crippen LogP contribution is -2.30. The highest BCUT2D eigenvalue weighted by Crippen LogP contribution is 2.38. The van der Waals surface area contributed by atoms with Crippen molar-refractivity contribution in [3.8, 4) is 0 Å². The second-order valence-corrected chi connectivity index (χ2v) is 7.36. The third-order valence-corrected chi connectivity index (χ3v) is 6.26. The van der Waals surface area contributed by atoms with Gasteiger partial charge in [-0.2, -0.15) is 4.31 Å². The van der Waals surface area contributed by atoms with E-state index in [2.05, 4.69) is 11.2 Å². The molecule has 0 fully saturated rings. The molecule has 1 unspecified atom stereocenters. The molecule has 3 rings (SSSR count). The molecule has 1 aliphatic carbocycles. The molecule has 1 atom stereocenters. The van der Waals surface area contributed by atoms with Crippen LogP contribution in [-0.2, 0) is 16.4 Å². The maximum absolute atomic E-state index is 12.9. The van der Waals surface area contributed by atoms with Gasteiger partial charge in [0.15, 0.2) is 5.76 Å². The first-order valence-corrected chi connectivity index (χ1v) is 8.35. The van der Waals surface area contributed by atoms with Gasteiger partial charge in [0.2, 0.25) is 10.0 Å². The predicted octanol–water partition coefficient (Wildman–Crippen LogP) is 2.60. The summed E-state index contributed by atoms with van der Waals surface area (Å²) in [4.78, 5) is 0.189. The van der Waals surface area contributed by atoms with Gasteiger partial charge >= 0.3 is 0 Å². The van der Waals surface area contributed by atoms with Gasteiger partial charge in [-0.3, -0.25) is 0 Å². The minimum absolute atomic E-state index is 0.125. The summed E-state index contributed by atoms with van der Waals surface area (Å²) in [5.41, 5.74) is 2.73. The Morgan fingerprint density at radius 2 is 2.00 bits per heavy atom. The largest absolute Gasteiger partial charge is 0.360 e. The van der Waals surface area contributed by atoms with Crippen molar-refractivity contribution < 1.29 is 12.9 Å². The molecule has 1 heterocycles. The van der Waals surface area contributed by atoms with Crippen LogP contribution >= 0.6 is 0 Å². The van der Waals surface area contributed by atoms with Crippen molar-refractivity contribution in [3.63, 3.8) is 0 Å². The number of aromatic nitrogens is 1. The molecule has 0 aliphatic heterocycles. The van der Waals surface area contributed by atoms with Gasteiger partial charge in [0.05, 0.1) is 6.04 Å². The number of sulfonamides is 1. The smallest absolute Gasteiger partial charge is 0.248 e. The van der Waals surface area contributed by atoms with Gasteiger partial charge in [-0.1, -0.05) is 29.4 Å². The van der Waals surface area contributed by atoms with E-state index in [1.807, 2.05) is 18.2 Å². The summed E-state index contributed by atoms with van der Waals surface area (Å²) in [6.07, 6.45) is 1.71. The molecule has 0 saturated carbocycles. The van der Waals surface area contributed by atoms with Crippen molar-refractivity contribution in [1.82, 2.24) is 9.46 Å². The highest BCUT2D eigenvalue weighted by molar-refractivity contribution is 7.89. The molecule has 1 aromatic heterocycles. The van der Waals surface area contributed by atoms with Gasteiger partial charge in [0.1, 0.15) is 10.6 Å². The van der Waals surface area contributed by atoms with Crippen molar-refractivity contribution in [2.24, 2.45) is 0 Å². The van der Waals surface area contributed by atoms with Crippen LogP contribution < -0.4 is 0 Å². The van der Waals surface area contributed by atoms with Crippen LogP contribution in [0.25, 0.3) is 0 Å². The SMILES string of the molecule is Cc1noc(C)c1S(=O)(=O)N(C)C1CCc2ccccc21. The molecule has 5 nitrogen and oxygen atoms in total. The number of hydrogen-bond acceptors (Lipinski definition) is 4. The molecule has 112 valence electrons. The molecule has 0 amide bonds. The van der Waals surface area contributed by atoms with Crippen molar-refractivity contribution in [2.45, 2.75) is 37.6 Å². The molecular formula is C15H18N2O3S. The normalized spacial score (nSPS) is 18.2. The molecule has 0 spiro atoms. The number of hydrogen-bond donors (Lipinski definition) is 0. The number of rotatable bonds is 3. The Morgan fingerprint density at radius 3 is 2.67 bits per heavy atom. The Labute approximate surface area is 124 Å². The van der Waals surface area contributed by atoms with Crippen LogP contribution in [0.3, 0.4) is 0 Å². The average molecular weight is 306 g/mol. The molecule has 1 aliphatic rings. The highest BCUT2D eigenvalue weighted by Gasteiger charge is 2.36. The number of aryl methyl sites for hydroxylation is 3. The molecule has 0 radical (unpaired) electrons. The second kappa shape index (κ2) is 4.96. The molecule has 0 N–H and O–H groups in total. The lowest BCUT2D eigenvalue weighted by atomic mass is 10.1. The van der Waals surface area contributed by atoms with Gasteiger partial charge in [-0.05, 0) is 37.8 Å². The first-order chi connectivity index (χ1) is 9.93. The summed E-state index contributed by atoms with van der Waals surface area (Å²) in [5, 5.41) is 3.75. The molecule has 21 heavy (non-hydrogen) atoms. The fourth-order valence-corrected chi connectivity index (χ4v) is 4.72. The van der Waals surface area contributed by atoms with Gasteiger partial charge < -0.3 is 4.52 Å². The van der Waals surface area contributed by atoms with Gasteiger partial charge in [0.25, 0.3) is 0 Å². The zero-order valence-corrected chi connectivity index (χ0v) is 13.1. The monoisotopic (exact) mass is 306 g/mol. The Morgan fingerprint density at radius 1 is 1.29 bits per heavy atom. The van der Waals surface area contributed by atoms with E-state index in [1.165, 1.54) is 9.87 Å². The number of fused-ring (bicyclic) bond motifs is 1. The van der Waals surface area contributed by atoms with Crippen molar-refractivity contribution in [1.29, 1.82) is 0 Å². The van der Waals surface area contributed by atoms with E-state index in [-0.39, 0.29) is 10.9 Å². The average Bonchev–Trinajstić information content (AvgIpc) is 3.01. The molecule has 1 aromatic carbocycles. The van der Waals surface area contributed by atoms with Crippen LogP contribution in [0.4, 0.5) is 0 Å². The van der Waals surface area contributed by atoms with Gasteiger partial charge in [-0.15, -0.1) is 0 Å². The summed E-state index contributed by atoms with van der Waals surface area (Å²) in [7, 11) is -1.97. The molecular weight excluding hydrogens is 288 g/mol. The Bertz CT molecular complexity index is 760. The maximum atomic E-state index is 12.9. The van der Waals surface area contributed by atoms with Crippen LogP contribution in [0.1, 0.15) is 35.0 Å². The Kier molecular flexibility index (Phi) is 3.37. The fourth-order valence-electron chi connectivity index (χ4n) is 3.07. The number of nitrogens with zero attached hydrogens (tertiary/aromatic N) is 2. The van der Waals surface area contributed by atoms with E-state index in [0.717, 1.165) is 18.4 Å². The van der Waals surface area contributed by atoms with E-state index in [1.54, 1.807) is 20.9 Å². The van der Waals surface area contributed by atoms with E-state index in [0.29, 0.717) is 11.5 Å². The minimum atomic E-state index is -3.61. The van der Waals surface area contributed by atoms with Gasteiger partial charge in [0, 0.05) is 7.05 Å². The molecule has 0 saturated heterocycles. The third kappa shape index (κ3) is 2.18. The summed E-state index contributed by atoms with van der Waals surface area (Å²) in [6.45, 7) is 3.28. The van der Waals surface area contributed by atoms with E-state index in [4.69, 9.17) is 4.52 Å². The second-order valence-electron chi connectivity index (χ2n) is 5.43. The summed E-state index contributed by atoms with van der Waals surface area (Å²) in [6, 6.07) is 7.88. The van der Waals surface area contributed by atoms with Crippen molar-refractivity contribution in [3.05, 3.63) is 46.8 Å². The third-order valence-electron chi connectivity index (χ3n) is 4.15. The van der Waals surface area contributed by atoms with Crippen LogP contribution in [0.2, 0.25) is 0 Å². The topological polar surface area (TPSA) is 63.4 Å². The van der Waals surface area contributed by atoms with Crippen LogP contribution in [0.15, 0.2) is 33.7 Å². The first-order valence-electron chi connectivity index (χ1n) is 6.91. The molecule has 2 aromatic rings. The zero-order chi connectivity index (χ0) is 15.2. The van der Waals surface area contributed by atoms with E-state index >= 15 is 0 Å². The van der Waals surface area contributed by atoms with Crippen LogP contribution in [0.5, 0.6) is 0 Å². The van der Waals surface area contributed by atoms with Gasteiger partial charge in [-0.25, -0.2) is 8.42 Å². The lowest BCUT2D eigenvalue weighted by Gasteiger charge is -2.24. The standard InChI is InChI=1S/C15H18N2O3S/c1-10-15(11(2)20-16-10)21(18,19)17(3)14-9-8-12-6-4-5-7-13(12)14/h4-7,14H,8-9H2,1-3H3. The first kappa shape index (κ1) is 14.3. The highest BCUT2D eigenvalue weighted by atomic mass is 32.2. The molecule has 6 heteroatoms. The van der Waals surface area contributed by atoms with Crippen LogP contribution in [-0.4, -0.2) is 24.9 Å². The quantitative estimate of drug-likeness (QED) is 0.874. The zero-order valence-electron chi connectivity index (χ0n) is 12.3. The van der Waals surface area contributed by atoms with Crippen LogP contribution in [0, 0.1) is 13.8 Å². The summed E-state index contributed by atoms with van der Waals surface area (Å²) in [5.74, 6) is 0.339. The van der Waals surface area contributed by atoms with Crippen molar-refractivity contribution in [2.75, 3.05) is 7.05 Å². The lowest BCUT2D eigenvalue weighted by molar-refractivity contribution is 0.370. The predicted molar refractivity (Wildman–Crippen MR) is 78.4 cm³/mol. The fraction of sp³-hybridized carbons (Fsp3) is 0.400. The van der Waals surface area contributed by atoms with E-state index in [9.17, 15) is 8.42 Å². The summed E-state index contributed by atoms with van der Waals surface area (Å²) >= 11 is 0. The Balaban J connectivity index is 2.02. The summed E-state index contributed by atoms with van der Waals surface area (Å²) < 4.78 is 32.2. The van der Waals surface area contributed by atoms with E-state index < -0.39 is 10.0 Å². The Hall–Kier alpha value is -1.66. The van der Waals surface area contributed by atoms with Crippen molar-refractivity contribution >= 4 is 10.0 Å². The molecule has 0 bridgehead atoms.